The molecule has 1 aliphatic heterocycles. The second-order valence-corrected chi connectivity index (χ2v) is 5.38. The zero-order valence-electron chi connectivity index (χ0n) is 12.8. The normalized spacial score (nSPS) is 18.0. The molecule has 0 N–H and O–H groups in total. The molecule has 1 atom stereocenters. The van der Waals surface area contributed by atoms with Gasteiger partial charge < -0.3 is 14.2 Å². The van der Waals surface area contributed by atoms with Crippen LogP contribution in [0.5, 0.6) is 5.75 Å². The monoisotopic (exact) mass is 301 g/mol. The van der Waals surface area contributed by atoms with Gasteiger partial charge in [-0.2, -0.15) is 4.98 Å². The van der Waals surface area contributed by atoms with Crippen LogP contribution >= 0.6 is 0 Å². The molecule has 2 aromatic rings. The summed E-state index contributed by atoms with van der Waals surface area (Å²) in [5.41, 5.74) is 0.783. The Kier molecular flexibility index (Phi) is 4.09. The summed E-state index contributed by atoms with van der Waals surface area (Å²) in [7, 11) is 1.60. The van der Waals surface area contributed by atoms with Gasteiger partial charge in [0, 0.05) is 19.4 Å². The summed E-state index contributed by atoms with van der Waals surface area (Å²) in [6.45, 7) is 2.60. The molecular weight excluding hydrogens is 282 g/mol. The van der Waals surface area contributed by atoms with E-state index in [9.17, 15) is 4.79 Å². The summed E-state index contributed by atoms with van der Waals surface area (Å²) in [5, 5.41) is 3.97. The first-order chi connectivity index (χ1) is 10.7. The van der Waals surface area contributed by atoms with Crippen LogP contribution in [0.15, 0.2) is 28.8 Å². The molecule has 1 aromatic heterocycles. The van der Waals surface area contributed by atoms with Crippen molar-refractivity contribution < 1.29 is 14.1 Å². The number of nitrogens with zero attached hydrogens (tertiary/aromatic N) is 3. The van der Waals surface area contributed by atoms with Crippen LogP contribution in [-0.4, -0.2) is 29.7 Å². The quantitative estimate of drug-likeness (QED) is 0.849. The van der Waals surface area contributed by atoms with Crippen molar-refractivity contribution in [3.63, 3.8) is 0 Å². The molecule has 2 heterocycles. The van der Waals surface area contributed by atoms with E-state index in [4.69, 9.17) is 9.26 Å². The number of para-hydroxylation sites is 2. The van der Waals surface area contributed by atoms with Crippen LogP contribution in [0.25, 0.3) is 0 Å². The van der Waals surface area contributed by atoms with Crippen LogP contribution in [0.4, 0.5) is 5.69 Å². The SMILES string of the molecule is CCCc1noc(C2CC(=O)N(c3ccccc3OC)C2)n1. The first-order valence-electron chi connectivity index (χ1n) is 7.48. The number of carbonyl (C=O) groups is 1. The van der Waals surface area contributed by atoms with E-state index < -0.39 is 0 Å². The fraction of sp³-hybridized carbons (Fsp3) is 0.438. The van der Waals surface area contributed by atoms with Gasteiger partial charge in [0.15, 0.2) is 5.82 Å². The maximum Gasteiger partial charge on any atom is 0.232 e. The van der Waals surface area contributed by atoms with Gasteiger partial charge in [0.1, 0.15) is 5.75 Å². The van der Waals surface area contributed by atoms with Gasteiger partial charge in [0.2, 0.25) is 11.8 Å². The van der Waals surface area contributed by atoms with E-state index in [1.165, 1.54) is 0 Å². The van der Waals surface area contributed by atoms with Crippen molar-refractivity contribution in [2.24, 2.45) is 0 Å². The number of carbonyl (C=O) groups excluding carboxylic acids is 1. The third-order valence-electron chi connectivity index (χ3n) is 3.81. The van der Waals surface area contributed by atoms with Gasteiger partial charge in [-0.15, -0.1) is 0 Å². The number of hydrogen-bond donors (Lipinski definition) is 0. The summed E-state index contributed by atoms with van der Waals surface area (Å²) in [5.74, 6) is 1.93. The van der Waals surface area contributed by atoms with Crippen molar-refractivity contribution in [1.82, 2.24) is 10.1 Å². The molecule has 1 aliphatic rings. The second kappa shape index (κ2) is 6.17. The molecule has 1 fully saturated rings. The van der Waals surface area contributed by atoms with Gasteiger partial charge in [-0.25, -0.2) is 0 Å². The van der Waals surface area contributed by atoms with Crippen LogP contribution in [0.2, 0.25) is 0 Å². The molecule has 6 nitrogen and oxygen atoms in total. The number of hydrogen-bond acceptors (Lipinski definition) is 5. The zero-order valence-corrected chi connectivity index (χ0v) is 12.8. The maximum absolute atomic E-state index is 12.3. The molecule has 22 heavy (non-hydrogen) atoms. The average molecular weight is 301 g/mol. The molecule has 0 radical (unpaired) electrons. The molecule has 116 valence electrons. The number of anilines is 1. The molecular formula is C16H19N3O3. The van der Waals surface area contributed by atoms with E-state index in [0.29, 0.717) is 30.4 Å². The lowest BCUT2D eigenvalue weighted by Crippen LogP contribution is -2.24. The lowest BCUT2D eigenvalue weighted by Gasteiger charge is -2.18. The van der Waals surface area contributed by atoms with E-state index in [0.717, 1.165) is 18.5 Å². The zero-order chi connectivity index (χ0) is 15.5. The van der Waals surface area contributed by atoms with Gasteiger partial charge in [-0.3, -0.25) is 4.79 Å². The van der Waals surface area contributed by atoms with Crippen LogP contribution in [-0.2, 0) is 11.2 Å². The fourth-order valence-electron chi connectivity index (χ4n) is 2.72. The van der Waals surface area contributed by atoms with Crippen molar-refractivity contribution in [1.29, 1.82) is 0 Å². The smallest absolute Gasteiger partial charge is 0.232 e. The first kappa shape index (κ1) is 14.6. The summed E-state index contributed by atoms with van der Waals surface area (Å²) >= 11 is 0. The average Bonchev–Trinajstić information content (AvgIpc) is 3.14. The molecule has 1 saturated heterocycles. The minimum absolute atomic E-state index is 0.0461. The topological polar surface area (TPSA) is 68.5 Å². The number of benzene rings is 1. The number of rotatable bonds is 5. The van der Waals surface area contributed by atoms with E-state index >= 15 is 0 Å². The van der Waals surface area contributed by atoms with Crippen molar-refractivity contribution >= 4 is 11.6 Å². The van der Waals surface area contributed by atoms with Gasteiger partial charge >= 0.3 is 0 Å². The van der Waals surface area contributed by atoms with Crippen molar-refractivity contribution in [2.45, 2.75) is 32.1 Å². The Morgan fingerprint density at radius 2 is 2.23 bits per heavy atom. The molecule has 0 aliphatic carbocycles. The molecule has 1 amide bonds. The summed E-state index contributed by atoms with van der Waals surface area (Å²) < 4.78 is 10.7. The third-order valence-corrected chi connectivity index (χ3v) is 3.81. The lowest BCUT2D eigenvalue weighted by molar-refractivity contribution is -0.117. The van der Waals surface area contributed by atoms with Gasteiger partial charge in [0.05, 0.1) is 18.7 Å². The number of methoxy groups -OCH3 is 1. The Morgan fingerprint density at radius 3 is 3.00 bits per heavy atom. The number of aryl methyl sites for hydroxylation is 1. The van der Waals surface area contributed by atoms with Gasteiger partial charge in [-0.1, -0.05) is 24.2 Å². The van der Waals surface area contributed by atoms with Crippen LogP contribution in [0, 0.1) is 0 Å². The number of amides is 1. The molecule has 1 unspecified atom stereocenters. The highest BCUT2D eigenvalue weighted by Crippen LogP contribution is 2.35. The Morgan fingerprint density at radius 1 is 1.41 bits per heavy atom. The highest BCUT2D eigenvalue weighted by Gasteiger charge is 2.36. The van der Waals surface area contributed by atoms with E-state index in [1.54, 1.807) is 12.0 Å². The van der Waals surface area contributed by atoms with Crippen LogP contribution in [0.3, 0.4) is 0 Å². The third kappa shape index (κ3) is 2.68. The molecule has 0 saturated carbocycles. The van der Waals surface area contributed by atoms with Crippen molar-refractivity contribution in [2.75, 3.05) is 18.6 Å². The summed E-state index contributed by atoms with van der Waals surface area (Å²) in [4.78, 5) is 18.5. The van der Waals surface area contributed by atoms with Gasteiger partial charge in [-0.05, 0) is 18.6 Å². The number of ether oxygens (including phenoxy) is 1. The Bertz CT molecular complexity index is 668. The van der Waals surface area contributed by atoms with E-state index in [1.807, 2.05) is 24.3 Å². The highest BCUT2D eigenvalue weighted by molar-refractivity contribution is 5.97. The largest absolute Gasteiger partial charge is 0.495 e. The molecule has 1 aromatic carbocycles. The first-order valence-corrected chi connectivity index (χ1v) is 7.48. The van der Waals surface area contributed by atoms with Crippen LogP contribution < -0.4 is 9.64 Å². The predicted octanol–water partition coefficient (Wildman–Crippen LogP) is 2.55. The lowest BCUT2D eigenvalue weighted by atomic mass is 10.1. The van der Waals surface area contributed by atoms with E-state index in [2.05, 4.69) is 17.1 Å². The Labute approximate surface area is 129 Å². The van der Waals surface area contributed by atoms with E-state index in [-0.39, 0.29) is 11.8 Å². The molecule has 6 heteroatoms. The Balaban J connectivity index is 1.80. The maximum atomic E-state index is 12.3. The molecule has 0 bridgehead atoms. The Hall–Kier alpha value is -2.37. The van der Waals surface area contributed by atoms with Crippen molar-refractivity contribution in [3.8, 4) is 5.75 Å². The van der Waals surface area contributed by atoms with Crippen LogP contribution in [0.1, 0.15) is 37.4 Å². The summed E-state index contributed by atoms with van der Waals surface area (Å²) in [6, 6.07) is 7.51. The fourth-order valence-corrected chi connectivity index (χ4v) is 2.72. The second-order valence-electron chi connectivity index (χ2n) is 5.38. The number of aromatic nitrogens is 2. The summed E-state index contributed by atoms with van der Waals surface area (Å²) in [6.07, 6.45) is 2.14. The standard InChI is InChI=1S/C16H19N3O3/c1-3-6-14-17-16(22-18-14)11-9-15(20)19(10-11)12-7-4-5-8-13(12)21-2/h4-5,7-8,11H,3,6,9-10H2,1-2H3. The highest BCUT2D eigenvalue weighted by atomic mass is 16.5. The minimum Gasteiger partial charge on any atom is -0.495 e. The molecule has 0 spiro atoms. The minimum atomic E-state index is -0.0597. The van der Waals surface area contributed by atoms with Gasteiger partial charge in [0.25, 0.3) is 0 Å². The predicted molar refractivity (Wildman–Crippen MR) is 81.0 cm³/mol. The molecule has 3 rings (SSSR count). The van der Waals surface area contributed by atoms with Crippen molar-refractivity contribution in [3.05, 3.63) is 36.0 Å².